The van der Waals surface area contributed by atoms with E-state index in [2.05, 4.69) is 0 Å². The predicted molar refractivity (Wildman–Crippen MR) is 61.9 cm³/mol. The van der Waals surface area contributed by atoms with Gasteiger partial charge in [0.2, 0.25) is 0 Å². The fourth-order valence-electron chi connectivity index (χ4n) is 2.55. The summed E-state index contributed by atoms with van der Waals surface area (Å²) < 4.78 is 11.3. The summed E-state index contributed by atoms with van der Waals surface area (Å²) in [6, 6.07) is 0. The van der Waals surface area contributed by atoms with Crippen LogP contribution >= 0.6 is 0 Å². The molecule has 1 atom stereocenters. The number of rotatable bonds is 5. The Kier molecular flexibility index (Phi) is 3.86. The van der Waals surface area contributed by atoms with Gasteiger partial charge in [-0.05, 0) is 34.1 Å². The van der Waals surface area contributed by atoms with Crippen molar-refractivity contribution in [3.63, 3.8) is 0 Å². The molecule has 1 saturated heterocycles. The Balaban J connectivity index is 2.95. The molecule has 1 heterocycles. The molecular weight excluding hydrogens is 224 g/mol. The van der Waals surface area contributed by atoms with Crippen LogP contribution in [0.15, 0.2) is 0 Å². The maximum absolute atomic E-state index is 11.6. The molecule has 0 spiro atoms. The summed E-state index contributed by atoms with van der Waals surface area (Å²) in [5, 5.41) is 18.2. The monoisotopic (exact) mass is 246 g/mol. The van der Waals surface area contributed by atoms with Gasteiger partial charge < -0.3 is 19.7 Å². The SMILES string of the molecule is CC1(C)CC(OCCCO)(C(=O)O)C(C)(C)O1. The smallest absolute Gasteiger partial charge is 0.339 e. The maximum Gasteiger partial charge on any atom is 0.339 e. The molecule has 1 aliphatic rings. The van der Waals surface area contributed by atoms with E-state index in [1.807, 2.05) is 13.8 Å². The minimum absolute atomic E-state index is 0.0135. The molecule has 100 valence electrons. The van der Waals surface area contributed by atoms with E-state index in [-0.39, 0.29) is 13.2 Å². The molecule has 5 nitrogen and oxygen atoms in total. The summed E-state index contributed by atoms with van der Waals surface area (Å²) in [6.07, 6.45) is 0.722. The lowest BCUT2D eigenvalue weighted by molar-refractivity contribution is -0.190. The minimum atomic E-state index is -1.34. The zero-order valence-corrected chi connectivity index (χ0v) is 10.9. The fourth-order valence-corrected chi connectivity index (χ4v) is 2.55. The normalized spacial score (nSPS) is 30.4. The maximum atomic E-state index is 11.6. The average molecular weight is 246 g/mol. The second kappa shape index (κ2) is 4.55. The fraction of sp³-hybridized carbons (Fsp3) is 0.917. The molecule has 1 unspecified atom stereocenters. The molecule has 0 aromatic carbocycles. The summed E-state index contributed by atoms with van der Waals surface area (Å²) in [4.78, 5) is 11.6. The lowest BCUT2D eigenvalue weighted by Crippen LogP contribution is -2.55. The van der Waals surface area contributed by atoms with Crippen molar-refractivity contribution in [2.75, 3.05) is 13.2 Å². The number of hydrogen-bond acceptors (Lipinski definition) is 4. The third kappa shape index (κ3) is 2.61. The summed E-state index contributed by atoms with van der Waals surface area (Å²) >= 11 is 0. The molecule has 0 saturated carbocycles. The first-order valence-electron chi connectivity index (χ1n) is 5.85. The predicted octanol–water partition coefficient (Wildman–Crippen LogP) is 1.19. The number of aliphatic hydroxyl groups excluding tert-OH is 1. The van der Waals surface area contributed by atoms with Crippen molar-refractivity contribution in [3.05, 3.63) is 0 Å². The van der Waals surface area contributed by atoms with E-state index < -0.39 is 22.8 Å². The first kappa shape index (κ1) is 14.4. The molecule has 0 aromatic heterocycles. The topological polar surface area (TPSA) is 76.0 Å². The van der Waals surface area contributed by atoms with Crippen molar-refractivity contribution in [2.45, 2.75) is 57.3 Å². The standard InChI is InChI=1S/C12H22O5/c1-10(2)8-12(9(14)15,11(3,4)17-10)16-7-5-6-13/h13H,5-8H2,1-4H3,(H,14,15). The second-order valence-corrected chi connectivity index (χ2v) is 5.61. The molecule has 0 aromatic rings. The first-order chi connectivity index (χ1) is 7.67. The average Bonchev–Trinajstić information content (AvgIpc) is 2.32. The van der Waals surface area contributed by atoms with Crippen LogP contribution in [0, 0.1) is 0 Å². The van der Waals surface area contributed by atoms with Gasteiger partial charge in [-0.1, -0.05) is 0 Å². The zero-order chi connectivity index (χ0) is 13.3. The van der Waals surface area contributed by atoms with Gasteiger partial charge >= 0.3 is 5.97 Å². The third-order valence-electron chi connectivity index (χ3n) is 3.18. The molecule has 0 aliphatic carbocycles. The minimum Gasteiger partial charge on any atom is -0.479 e. The van der Waals surface area contributed by atoms with Gasteiger partial charge in [-0.25, -0.2) is 4.79 Å². The first-order valence-corrected chi connectivity index (χ1v) is 5.85. The Morgan fingerprint density at radius 1 is 1.35 bits per heavy atom. The highest BCUT2D eigenvalue weighted by Crippen LogP contribution is 2.47. The van der Waals surface area contributed by atoms with Gasteiger partial charge in [0.1, 0.15) is 5.60 Å². The number of hydrogen-bond donors (Lipinski definition) is 2. The van der Waals surface area contributed by atoms with Crippen LogP contribution in [-0.2, 0) is 14.3 Å². The highest BCUT2D eigenvalue weighted by atomic mass is 16.6. The van der Waals surface area contributed by atoms with E-state index in [1.54, 1.807) is 13.8 Å². The van der Waals surface area contributed by atoms with Gasteiger partial charge in [-0.3, -0.25) is 0 Å². The molecule has 0 amide bonds. The van der Waals surface area contributed by atoms with Crippen LogP contribution in [-0.4, -0.2) is 46.2 Å². The van der Waals surface area contributed by atoms with Crippen LogP contribution in [0.25, 0.3) is 0 Å². The molecule has 2 N–H and O–H groups in total. The van der Waals surface area contributed by atoms with Crippen LogP contribution in [0.4, 0.5) is 0 Å². The third-order valence-corrected chi connectivity index (χ3v) is 3.18. The second-order valence-electron chi connectivity index (χ2n) is 5.61. The number of carboxylic acids is 1. The van der Waals surface area contributed by atoms with Crippen molar-refractivity contribution in [2.24, 2.45) is 0 Å². The van der Waals surface area contributed by atoms with Crippen LogP contribution in [0.3, 0.4) is 0 Å². The Morgan fingerprint density at radius 2 is 1.94 bits per heavy atom. The molecule has 17 heavy (non-hydrogen) atoms. The van der Waals surface area contributed by atoms with E-state index in [9.17, 15) is 9.90 Å². The van der Waals surface area contributed by atoms with Crippen LogP contribution in [0.2, 0.25) is 0 Å². The Hall–Kier alpha value is -0.650. The van der Waals surface area contributed by atoms with Crippen molar-refractivity contribution in [1.29, 1.82) is 0 Å². The number of ether oxygens (including phenoxy) is 2. The number of carboxylic acid groups (broad SMARTS) is 1. The number of carbonyl (C=O) groups is 1. The van der Waals surface area contributed by atoms with Crippen molar-refractivity contribution >= 4 is 5.97 Å². The molecule has 1 aliphatic heterocycles. The molecular formula is C12H22O5. The number of aliphatic carboxylic acids is 1. The van der Waals surface area contributed by atoms with Crippen molar-refractivity contribution in [3.8, 4) is 0 Å². The van der Waals surface area contributed by atoms with Gasteiger partial charge in [-0.15, -0.1) is 0 Å². The van der Waals surface area contributed by atoms with E-state index in [0.717, 1.165) is 0 Å². The molecule has 1 fully saturated rings. The van der Waals surface area contributed by atoms with Crippen molar-refractivity contribution in [1.82, 2.24) is 0 Å². The van der Waals surface area contributed by atoms with E-state index in [0.29, 0.717) is 12.8 Å². The van der Waals surface area contributed by atoms with E-state index in [1.165, 1.54) is 0 Å². The van der Waals surface area contributed by atoms with Gasteiger partial charge in [0.25, 0.3) is 0 Å². The highest BCUT2D eigenvalue weighted by Gasteiger charge is 2.63. The number of aliphatic hydroxyl groups is 1. The largest absolute Gasteiger partial charge is 0.479 e. The van der Waals surface area contributed by atoms with Gasteiger partial charge in [-0.2, -0.15) is 0 Å². The summed E-state index contributed by atoms with van der Waals surface area (Å²) in [6.45, 7) is 7.37. The van der Waals surface area contributed by atoms with E-state index >= 15 is 0 Å². The summed E-state index contributed by atoms with van der Waals surface area (Å²) in [7, 11) is 0. The van der Waals surface area contributed by atoms with E-state index in [4.69, 9.17) is 14.6 Å². The summed E-state index contributed by atoms with van der Waals surface area (Å²) in [5.74, 6) is -1.01. The molecule has 5 heteroatoms. The summed E-state index contributed by atoms with van der Waals surface area (Å²) in [5.41, 5.74) is -2.76. The lowest BCUT2D eigenvalue weighted by atomic mass is 9.82. The van der Waals surface area contributed by atoms with Crippen LogP contribution in [0.5, 0.6) is 0 Å². The molecule has 0 radical (unpaired) electrons. The van der Waals surface area contributed by atoms with Crippen LogP contribution in [0.1, 0.15) is 40.5 Å². The lowest BCUT2D eigenvalue weighted by Gasteiger charge is -2.35. The highest BCUT2D eigenvalue weighted by molar-refractivity contribution is 5.80. The van der Waals surface area contributed by atoms with Crippen LogP contribution < -0.4 is 0 Å². The molecule has 0 bridgehead atoms. The molecule has 1 rings (SSSR count). The van der Waals surface area contributed by atoms with Gasteiger partial charge in [0.05, 0.1) is 12.2 Å². The Morgan fingerprint density at radius 3 is 2.29 bits per heavy atom. The van der Waals surface area contributed by atoms with Gasteiger partial charge in [0, 0.05) is 13.0 Å². The zero-order valence-electron chi connectivity index (χ0n) is 10.9. The quantitative estimate of drug-likeness (QED) is 0.712. The van der Waals surface area contributed by atoms with Crippen molar-refractivity contribution < 1.29 is 24.5 Å². The Bertz CT molecular complexity index is 297. The van der Waals surface area contributed by atoms with Gasteiger partial charge in [0.15, 0.2) is 5.60 Å². The Labute approximate surface area is 102 Å².